The molecule has 2 N–H and O–H groups in total. The van der Waals surface area contributed by atoms with Gasteiger partial charge in [0.1, 0.15) is 5.75 Å². The smallest absolute Gasteiger partial charge is 0.224 e. The fourth-order valence-electron chi connectivity index (χ4n) is 1.85. The zero-order valence-corrected chi connectivity index (χ0v) is 10.7. The second-order valence-electron chi connectivity index (χ2n) is 4.43. The number of amides is 1. The summed E-state index contributed by atoms with van der Waals surface area (Å²) >= 11 is 0. The van der Waals surface area contributed by atoms with Crippen molar-refractivity contribution in [3.05, 3.63) is 65.7 Å². The summed E-state index contributed by atoms with van der Waals surface area (Å²) in [7, 11) is 0. The first kappa shape index (κ1) is 13.1. The number of aromatic hydroxyl groups is 1. The molecule has 98 valence electrons. The lowest BCUT2D eigenvalue weighted by molar-refractivity contribution is -0.120. The number of phenols is 1. The third kappa shape index (κ3) is 4.47. The molecule has 0 radical (unpaired) electrons. The van der Waals surface area contributed by atoms with E-state index in [-0.39, 0.29) is 11.7 Å². The van der Waals surface area contributed by atoms with Crippen LogP contribution < -0.4 is 5.32 Å². The van der Waals surface area contributed by atoms with Crippen molar-refractivity contribution in [2.24, 2.45) is 0 Å². The highest BCUT2D eigenvalue weighted by molar-refractivity contribution is 5.78. The molecule has 0 saturated heterocycles. The fraction of sp³-hybridized carbons (Fsp3) is 0.188. The quantitative estimate of drug-likeness (QED) is 0.861. The van der Waals surface area contributed by atoms with Gasteiger partial charge in [-0.2, -0.15) is 0 Å². The van der Waals surface area contributed by atoms with Crippen molar-refractivity contribution in [3.8, 4) is 5.75 Å². The molecule has 19 heavy (non-hydrogen) atoms. The van der Waals surface area contributed by atoms with E-state index in [0.717, 1.165) is 12.0 Å². The second-order valence-corrected chi connectivity index (χ2v) is 4.43. The van der Waals surface area contributed by atoms with E-state index < -0.39 is 0 Å². The highest BCUT2D eigenvalue weighted by Crippen LogP contribution is 2.09. The average Bonchev–Trinajstić information content (AvgIpc) is 2.43. The van der Waals surface area contributed by atoms with Crippen molar-refractivity contribution in [1.29, 1.82) is 0 Å². The molecule has 3 heteroatoms. The Morgan fingerprint density at radius 3 is 2.32 bits per heavy atom. The number of carbonyl (C=O) groups excluding carboxylic acids is 1. The number of hydrogen-bond donors (Lipinski definition) is 2. The predicted molar refractivity (Wildman–Crippen MR) is 75.0 cm³/mol. The molecule has 0 unspecified atom stereocenters. The number of phenolic OH excluding ortho intramolecular Hbond substituents is 1. The highest BCUT2D eigenvalue weighted by Gasteiger charge is 2.02. The molecule has 0 aliphatic carbocycles. The predicted octanol–water partition coefficient (Wildman–Crippen LogP) is 2.29. The molecule has 0 aliphatic rings. The first-order chi connectivity index (χ1) is 9.24. The summed E-state index contributed by atoms with van der Waals surface area (Å²) in [6.07, 6.45) is 1.18. The minimum atomic E-state index is 0.00150. The van der Waals surface area contributed by atoms with Gasteiger partial charge in [0.2, 0.25) is 5.91 Å². The van der Waals surface area contributed by atoms with E-state index in [2.05, 4.69) is 5.32 Å². The van der Waals surface area contributed by atoms with Crippen LogP contribution in [0.1, 0.15) is 11.1 Å². The van der Waals surface area contributed by atoms with Crippen LogP contribution in [-0.2, 0) is 17.6 Å². The van der Waals surface area contributed by atoms with Crippen LogP contribution in [0.4, 0.5) is 0 Å². The number of rotatable bonds is 5. The maximum Gasteiger partial charge on any atom is 0.224 e. The van der Waals surface area contributed by atoms with Gasteiger partial charge in [-0.3, -0.25) is 4.79 Å². The van der Waals surface area contributed by atoms with Crippen LogP contribution in [0.5, 0.6) is 5.75 Å². The minimum absolute atomic E-state index is 0.00150. The zero-order valence-electron chi connectivity index (χ0n) is 10.7. The Morgan fingerprint density at radius 2 is 1.63 bits per heavy atom. The van der Waals surface area contributed by atoms with E-state index in [1.165, 1.54) is 5.56 Å². The van der Waals surface area contributed by atoms with Crippen molar-refractivity contribution in [3.63, 3.8) is 0 Å². The van der Waals surface area contributed by atoms with Crippen molar-refractivity contribution in [1.82, 2.24) is 5.32 Å². The van der Waals surface area contributed by atoms with Crippen LogP contribution in [0, 0.1) is 0 Å². The summed E-state index contributed by atoms with van der Waals surface area (Å²) in [5.41, 5.74) is 2.11. The molecule has 0 spiro atoms. The van der Waals surface area contributed by atoms with Crippen molar-refractivity contribution in [2.45, 2.75) is 12.8 Å². The van der Waals surface area contributed by atoms with Gasteiger partial charge in [0.15, 0.2) is 0 Å². The number of nitrogens with one attached hydrogen (secondary N) is 1. The molecule has 1 amide bonds. The number of benzene rings is 2. The van der Waals surface area contributed by atoms with Gasteiger partial charge in [-0.15, -0.1) is 0 Å². The molecule has 0 saturated carbocycles. The van der Waals surface area contributed by atoms with E-state index in [1.807, 2.05) is 30.3 Å². The Kier molecular flexibility index (Phi) is 4.56. The minimum Gasteiger partial charge on any atom is -0.508 e. The second kappa shape index (κ2) is 6.59. The molecule has 0 aromatic heterocycles. The molecule has 0 heterocycles. The van der Waals surface area contributed by atoms with E-state index in [0.29, 0.717) is 13.0 Å². The third-order valence-corrected chi connectivity index (χ3v) is 2.88. The van der Waals surface area contributed by atoms with Crippen molar-refractivity contribution >= 4 is 5.91 Å². The van der Waals surface area contributed by atoms with Gasteiger partial charge < -0.3 is 10.4 Å². The Hall–Kier alpha value is -2.29. The van der Waals surface area contributed by atoms with Crippen LogP contribution in [-0.4, -0.2) is 17.6 Å². The molecule has 0 bridgehead atoms. The summed E-state index contributed by atoms with van der Waals surface area (Å²) < 4.78 is 0. The van der Waals surface area contributed by atoms with E-state index in [4.69, 9.17) is 5.11 Å². The lowest BCUT2D eigenvalue weighted by Crippen LogP contribution is -2.27. The molecule has 3 nitrogen and oxygen atoms in total. The zero-order chi connectivity index (χ0) is 13.5. The standard InChI is InChI=1S/C16H17NO2/c18-15-8-6-14(7-9-15)12-16(19)17-11-10-13-4-2-1-3-5-13/h1-9,18H,10-12H2,(H,17,19). The van der Waals surface area contributed by atoms with E-state index >= 15 is 0 Å². The fourth-order valence-corrected chi connectivity index (χ4v) is 1.85. The van der Waals surface area contributed by atoms with E-state index in [9.17, 15) is 4.79 Å². The van der Waals surface area contributed by atoms with Gasteiger partial charge in [-0.05, 0) is 29.7 Å². The summed E-state index contributed by atoms with van der Waals surface area (Å²) in [4.78, 5) is 11.7. The van der Waals surface area contributed by atoms with Gasteiger partial charge in [0, 0.05) is 6.54 Å². The van der Waals surface area contributed by atoms with Gasteiger partial charge >= 0.3 is 0 Å². The summed E-state index contributed by atoms with van der Waals surface area (Å²) in [5, 5.41) is 12.1. The maximum atomic E-state index is 11.7. The van der Waals surface area contributed by atoms with Crippen LogP contribution in [0.2, 0.25) is 0 Å². The van der Waals surface area contributed by atoms with Crippen molar-refractivity contribution in [2.75, 3.05) is 6.54 Å². The molecule has 2 aromatic carbocycles. The Bertz CT molecular complexity index is 520. The molecule has 2 aromatic rings. The lowest BCUT2D eigenvalue weighted by atomic mass is 10.1. The largest absolute Gasteiger partial charge is 0.508 e. The number of hydrogen-bond acceptors (Lipinski definition) is 2. The monoisotopic (exact) mass is 255 g/mol. The molecule has 0 atom stereocenters. The molecule has 2 rings (SSSR count). The normalized spacial score (nSPS) is 10.1. The Balaban J connectivity index is 1.74. The first-order valence-corrected chi connectivity index (χ1v) is 6.32. The molecule has 0 aliphatic heterocycles. The molecular weight excluding hydrogens is 238 g/mol. The van der Waals surface area contributed by atoms with Gasteiger partial charge in [-0.1, -0.05) is 42.5 Å². The molecular formula is C16H17NO2. The maximum absolute atomic E-state index is 11.7. The average molecular weight is 255 g/mol. The Labute approximate surface area is 112 Å². The van der Waals surface area contributed by atoms with Crippen LogP contribution in [0.25, 0.3) is 0 Å². The van der Waals surface area contributed by atoms with Gasteiger partial charge in [0.05, 0.1) is 6.42 Å². The van der Waals surface area contributed by atoms with Crippen LogP contribution in [0.3, 0.4) is 0 Å². The highest BCUT2D eigenvalue weighted by atomic mass is 16.3. The SMILES string of the molecule is O=C(Cc1ccc(O)cc1)NCCc1ccccc1. The van der Waals surface area contributed by atoms with Gasteiger partial charge in [0.25, 0.3) is 0 Å². The lowest BCUT2D eigenvalue weighted by Gasteiger charge is -2.05. The summed E-state index contributed by atoms with van der Waals surface area (Å²) in [5.74, 6) is 0.217. The third-order valence-electron chi connectivity index (χ3n) is 2.88. The van der Waals surface area contributed by atoms with Crippen LogP contribution >= 0.6 is 0 Å². The summed E-state index contributed by atoms with van der Waals surface area (Å²) in [6, 6.07) is 16.8. The summed E-state index contributed by atoms with van der Waals surface area (Å²) in [6.45, 7) is 0.640. The van der Waals surface area contributed by atoms with Gasteiger partial charge in [-0.25, -0.2) is 0 Å². The first-order valence-electron chi connectivity index (χ1n) is 6.32. The topological polar surface area (TPSA) is 49.3 Å². The molecule has 0 fully saturated rings. The number of carbonyl (C=O) groups is 1. The van der Waals surface area contributed by atoms with Crippen LogP contribution in [0.15, 0.2) is 54.6 Å². The van der Waals surface area contributed by atoms with E-state index in [1.54, 1.807) is 24.3 Å². The Morgan fingerprint density at radius 1 is 0.947 bits per heavy atom. The van der Waals surface area contributed by atoms with Crippen molar-refractivity contribution < 1.29 is 9.90 Å².